The highest BCUT2D eigenvalue weighted by Gasteiger charge is 2.32. The first kappa shape index (κ1) is 21.6. The van der Waals surface area contributed by atoms with Crippen LogP contribution in [0.25, 0.3) is 0 Å². The van der Waals surface area contributed by atoms with Crippen molar-refractivity contribution < 1.29 is 22.0 Å². The predicted octanol–water partition coefficient (Wildman–Crippen LogP) is 2.59. The Labute approximate surface area is 183 Å². The van der Waals surface area contributed by atoms with Crippen LogP contribution in [0.5, 0.6) is 0 Å². The van der Waals surface area contributed by atoms with Gasteiger partial charge in [0, 0.05) is 45.6 Å². The summed E-state index contributed by atoms with van der Waals surface area (Å²) < 4.78 is 48.1. The van der Waals surface area contributed by atoms with Gasteiger partial charge >= 0.3 is 0 Å². The van der Waals surface area contributed by atoms with Crippen molar-refractivity contribution in [1.82, 2.24) is 18.8 Å². The second kappa shape index (κ2) is 8.85. The molecule has 1 aliphatic rings. The molecule has 31 heavy (non-hydrogen) atoms. The highest BCUT2D eigenvalue weighted by Crippen LogP contribution is 2.24. The van der Waals surface area contributed by atoms with E-state index in [9.17, 15) is 17.6 Å². The van der Waals surface area contributed by atoms with Crippen LogP contribution in [0.4, 0.5) is 4.39 Å². The van der Waals surface area contributed by atoms with E-state index in [1.165, 1.54) is 34.3 Å². The Morgan fingerprint density at radius 1 is 1.16 bits per heavy atom. The summed E-state index contributed by atoms with van der Waals surface area (Å²) in [5.74, 6) is 0.314. The largest absolute Gasteiger partial charge is 0.455 e. The van der Waals surface area contributed by atoms with Gasteiger partial charge in [-0.2, -0.15) is 4.31 Å². The first-order valence-electron chi connectivity index (χ1n) is 9.59. The maximum atomic E-state index is 14.0. The second-order valence-corrected chi connectivity index (χ2v) is 9.85. The van der Waals surface area contributed by atoms with Gasteiger partial charge in [0.05, 0.1) is 5.75 Å². The number of aromatic nitrogens is 2. The highest BCUT2D eigenvalue weighted by atomic mass is 32.2. The second-order valence-electron chi connectivity index (χ2n) is 7.00. The summed E-state index contributed by atoms with van der Waals surface area (Å²) in [5.41, 5.74) is 0. The standard InChI is InChI=1S/C20H21FN4O4S2/c1-23-9-8-22-20(23)30-14-15-6-7-17(29-15)19(26)24-10-12-25(13-11-24)31(27,28)18-5-3-2-4-16(18)21/h2-9H,10-14H2,1H3. The van der Waals surface area contributed by atoms with Gasteiger partial charge in [-0.05, 0) is 24.3 Å². The molecule has 1 aliphatic heterocycles. The summed E-state index contributed by atoms with van der Waals surface area (Å²) in [5, 5.41) is 0.844. The quantitative estimate of drug-likeness (QED) is 0.521. The summed E-state index contributed by atoms with van der Waals surface area (Å²) in [6, 6.07) is 8.66. The summed E-state index contributed by atoms with van der Waals surface area (Å²) in [6.45, 7) is 0.575. The minimum atomic E-state index is -3.95. The minimum absolute atomic E-state index is 0.0883. The number of furan rings is 1. The molecule has 164 valence electrons. The molecule has 0 bridgehead atoms. The van der Waals surface area contributed by atoms with Gasteiger partial charge in [0.15, 0.2) is 10.9 Å². The van der Waals surface area contributed by atoms with E-state index in [1.807, 2.05) is 17.8 Å². The van der Waals surface area contributed by atoms with Gasteiger partial charge in [-0.15, -0.1) is 0 Å². The lowest BCUT2D eigenvalue weighted by Crippen LogP contribution is -2.50. The van der Waals surface area contributed by atoms with Crippen LogP contribution < -0.4 is 0 Å². The molecule has 0 spiro atoms. The molecule has 0 aliphatic carbocycles. The highest BCUT2D eigenvalue weighted by molar-refractivity contribution is 7.98. The topological polar surface area (TPSA) is 88.7 Å². The summed E-state index contributed by atoms with van der Waals surface area (Å²) in [4.78, 5) is 18.2. The molecule has 3 heterocycles. The lowest BCUT2D eigenvalue weighted by atomic mass is 10.3. The monoisotopic (exact) mass is 464 g/mol. The van der Waals surface area contributed by atoms with Gasteiger partial charge in [-0.3, -0.25) is 4.79 Å². The Morgan fingerprint density at radius 2 is 1.90 bits per heavy atom. The summed E-state index contributed by atoms with van der Waals surface area (Å²) in [7, 11) is -2.05. The Kier molecular flexibility index (Phi) is 6.17. The molecule has 3 aromatic rings. The van der Waals surface area contributed by atoms with Crippen LogP contribution in [-0.2, 0) is 22.8 Å². The molecular weight excluding hydrogens is 443 g/mol. The fourth-order valence-electron chi connectivity index (χ4n) is 3.28. The molecule has 1 fully saturated rings. The Balaban J connectivity index is 1.36. The number of hydrogen-bond donors (Lipinski definition) is 0. The van der Waals surface area contributed by atoms with Crippen molar-refractivity contribution in [2.45, 2.75) is 15.8 Å². The van der Waals surface area contributed by atoms with E-state index in [4.69, 9.17) is 4.42 Å². The molecule has 1 saturated heterocycles. The van der Waals surface area contributed by atoms with E-state index < -0.39 is 15.8 Å². The zero-order valence-electron chi connectivity index (χ0n) is 16.8. The number of imidazole rings is 1. The van der Waals surface area contributed by atoms with Crippen molar-refractivity contribution >= 4 is 27.7 Å². The van der Waals surface area contributed by atoms with Crippen LogP contribution in [0.1, 0.15) is 16.3 Å². The maximum Gasteiger partial charge on any atom is 0.289 e. The summed E-state index contributed by atoms with van der Waals surface area (Å²) in [6.07, 6.45) is 3.57. The van der Waals surface area contributed by atoms with Gasteiger partial charge in [0.2, 0.25) is 10.0 Å². The number of nitrogens with zero attached hydrogens (tertiary/aromatic N) is 4. The van der Waals surface area contributed by atoms with E-state index in [-0.39, 0.29) is 42.7 Å². The normalized spacial score (nSPS) is 15.4. The number of hydrogen-bond acceptors (Lipinski definition) is 6. The van der Waals surface area contributed by atoms with Crippen LogP contribution in [0, 0.1) is 5.82 Å². The molecule has 1 amide bonds. The molecule has 8 nitrogen and oxygen atoms in total. The molecule has 4 rings (SSSR count). The number of benzene rings is 1. The number of aryl methyl sites for hydroxylation is 1. The molecule has 0 atom stereocenters. The van der Waals surface area contributed by atoms with Crippen molar-refractivity contribution in [2.75, 3.05) is 26.2 Å². The fraction of sp³-hybridized carbons (Fsp3) is 0.300. The van der Waals surface area contributed by atoms with E-state index in [0.717, 1.165) is 11.2 Å². The van der Waals surface area contributed by atoms with Crippen LogP contribution in [0.3, 0.4) is 0 Å². The zero-order chi connectivity index (χ0) is 22.0. The van der Waals surface area contributed by atoms with Gasteiger partial charge in [0.25, 0.3) is 5.91 Å². The Hall–Kier alpha value is -2.63. The van der Waals surface area contributed by atoms with E-state index in [2.05, 4.69) is 4.98 Å². The third kappa shape index (κ3) is 4.53. The lowest BCUT2D eigenvalue weighted by molar-refractivity contribution is 0.0664. The number of halogens is 1. The van der Waals surface area contributed by atoms with Crippen LogP contribution in [-0.4, -0.2) is 59.3 Å². The van der Waals surface area contributed by atoms with Crippen molar-refractivity contribution in [3.8, 4) is 0 Å². The maximum absolute atomic E-state index is 14.0. The van der Waals surface area contributed by atoms with Crippen molar-refractivity contribution in [3.63, 3.8) is 0 Å². The van der Waals surface area contributed by atoms with Crippen molar-refractivity contribution in [2.24, 2.45) is 7.05 Å². The third-order valence-electron chi connectivity index (χ3n) is 4.97. The first-order chi connectivity index (χ1) is 14.9. The van der Waals surface area contributed by atoms with Crippen LogP contribution >= 0.6 is 11.8 Å². The first-order valence-corrected chi connectivity index (χ1v) is 12.0. The molecule has 0 N–H and O–H groups in total. The molecular formula is C20H21FN4O4S2. The van der Waals surface area contributed by atoms with Gasteiger partial charge in [0.1, 0.15) is 16.5 Å². The van der Waals surface area contributed by atoms with Crippen molar-refractivity contribution in [1.29, 1.82) is 0 Å². The number of thioether (sulfide) groups is 1. The summed E-state index contributed by atoms with van der Waals surface area (Å²) >= 11 is 1.50. The average Bonchev–Trinajstić information content (AvgIpc) is 3.41. The van der Waals surface area contributed by atoms with Gasteiger partial charge in [-0.1, -0.05) is 23.9 Å². The number of carbonyl (C=O) groups excluding carboxylic acids is 1. The van der Waals surface area contributed by atoms with Gasteiger partial charge in [-0.25, -0.2) is 17.8 Å². The Bertz CT molecular complexity index is 1180. The molecule has 1 aromatic carbocycles. The number of piperazine rings is 1. The smallest absolute Gasteiger partial charge is 0.289 e. The average molecular weight is 465 g/mol. The molecule has 11 heteroatoms. The van der Waals surface area contributed by atoms with Gasteiger partial charge < -0.3 is 13.9 Å². The number of carbonyl (C=O) groups is 1. The molecule has 0 unspecified atom stereocenters. The van der Waals surface area contributed by atoms with E-state index >= 15 is 0 Å². The fourth-order valence-corrected chi connectivity index (χ4v) is 5.59. The van der Waals surface area contributed by atoms with Crippen LogP contribution in [0.15, 0.2) is 63.3 Å². The number of sulfonamides is 1. The predicted molar refractivity (Wildman–Crippen MR) is 113 cm³/mol. The van der Waals surface area contributed by atoms with Crippen molar-refractivity contribution in [3.05, 3.63) is 66.1 Å². The molecule has 2 aromatic heterocycles. The SMILES string of the molecule is Cn1ccnc1SCc1ccc(C(=O)N2CCN(S(=O)(=O)c3ccccc3F)CC2)o1. The molecule has 0 saturated carbocycles. The Morgan fingerprint density at radius 3 is 2.58 bits per heavy atom. The third-order valence-corrected chi connectivity index (χ3v) is 7.99. The minimum Gasteiger partial charge on any atom is -0.455 e. The zero-order valence-corrected chi connectivity index (χ0v) is 18.4. The van der Waals surface area contributed by atoms with E-state index in [1.54, 1.807) is 23.2 Å². The number of rotatable bonds is 6. The molecule has 0 radical (unpaired) electrons. The lowest BCUT2D eigenvalue weighted by Gasteiger charge is -2.33. The van der Waals surface area contributed by atoms with Crippen LogP contribution in [0.2, 0.25) is 0 Å². The van der Waals surface area contributed by atoms with E-state index in [0.29, 0.717) is 11.5 Å². The number of amides is 1.